The summed E-state index contributed by atoms with van der Waals surface area (Å²) >= 11 is 0. The van der Waals surface area contributed by atoms with Crippen LogP contribution in [0.25, 0.3) is 0 Å². The van der Waals surface area contributed by atoms with Crippen LogP contribution in [0.4, 0.5) is 5.69 Å². The first-order chi connectivity index (χ1) is 14.4. The number of halogens is 1. The lowest BCUT2D eigenvalue weighted by molar-refractivity contribution is -0.141. The summed E-state index contributed by atoms with van der Waals surface area (Å²) in [6, 6.07) is 8.14. The molecule has 2 atom stereocenters. The van der Waals surface area contributed by atoms with Crippen LogP contribution in [0.3, 0.4) is 0 Å². The summed E-state index contributed by atoms with van der Waals surface area (Å²) in [5, 5.41) is 0. The van der Waals surface area contributed by atoms with E-state index in [1.54, 1.807) is 7.11 Å². The number of imide groups is 1. The van der Waals surface area contributed by atoms with Crippen LogP contribution in [-0.2, 0) is 9.59 Å². The van der Waals surface area contributed by atoms with E-state index < -0.39 is 10.8 Å². The highest BCUT2D eigenvalue weighted by molar-refractivity contribution is 6.09. The first kappa shape index (κ1) is 23.6. The molecule has 0 spiro atoms. The summed E-state index contributed by atoms with van der Waals surface area (Å²) in [5.74, 6) is 0.940. The zero-order chi connectivity index (χ0) is 21.4. The molecule has 2 amide bonds. The molecule has 2 saturated heterocycles. The van der Waals surface area contributed by atoms with Crippen LogP contribution in [-0.4, -0.2) is 68.0 Å². The SMILES string of the molecule is COc1ccccc1N1CCN(CCCN2C(=O)C3(C)CC=CCC3(C)C2=O)CC1.Cl. The molecule has 0 saturated carbocycles. The molecule has 7 heteroatoms. The number of ether oxygens (including phenoxy) is 1. The van der Waals surface area contributed by atoms with Gasteiger partial charge in [-0.05, 0) is 51.8 Å². The van der Waals surface area contributed by atoms with Crippen LogP contribution in [0.5, 0.6) is 5.75 Å². The number of rotatable bonds is 6. The Morgan fingerprint density at radius 3 is 2.06 bits per heavy atom. The third-order valence-corrected chi connectivity index (χ3v) is 7.53. The Kier molecular flexibility index (Phi) is 7.01. The van der Waals surface area contributed by atoms with E-state index in [1.807, 2.05) is 32.0 Å². The van der Waals surface area contributed by atoms with Crippen molar-refractivity contribution in [3.05, 3.63) is 36.4 Å². The number of para-hydroxylation sites is 2. The lowest BCUT2D eigenvalue weighted by Gasteiger charge is -2.37. The van der Waals surface area contributed by atoms with Crippen LogP contribution >= 0.6 is 12.4 Å². The molecule has 0 bridgehead atoms. The average molecular weight is 448 g/mol. The van der Waals surface area contributed by atoms with Crippen molar-refractivity contribution >= 4 is 29.9 Å². The van der Waals surface area contributed by atoms with E-state index in [9.17, 15) is 9.59 Å². The number of benzene rings is 1. The van der Waals surface area contributed by atoms with Crippen molar-refractivity contribution in [3.63, 3.8) is 0 Å². The summed E-state index contributed by atoms with van der Waals surface area (Å²) < 4.78 is 5.49. The fourth-order valence-electron chi connectivity index (χ4n) is 5.18. The third-order valence-electron chi connectivity index (χ3n) is 7.53. The van der Waals surface area contributed by atoms with E-state index in [-0.39, 0.29) is 24.2 Å². The molecule has 1 aliphatic carbocycles. The maximum atomic E-state index is 13.1. The molecule has 2 unspecified atom stereocenters. The van der Waals surface area contributed by atoms with Crippen molar-refractivity contribution in [1.82, 2.24) is 9.80 Å². The second-order valence-corrected chi connectivity index (χ2v) is 9.16. The molecule has 170 valence electrons. The lowest BCUT2D eigenvalue weighted by atomic mass is 9.61. The van der Waals surface area contributed by atoms with E-state index in [1.165, 1.54) is 4.90 Å². The quantitative estimate of drug-likeness (QED) is 0.494. The molecule has 0 aromatic heterocycles. The summed E-state index contributed by atoms with van der Waals surface area (Å²) in [7, 11) is 1.71. The smallest absolute Gasteiger partial charge is 0.236 e. The van der Waals surface area contributed by atoms with Crippen molar-refractivity contribution in [2.75, 3.05) is 51.3 Å². The van der Waals surface area contributed by atoms with Crippen molar-refractivity contribution in [3.8, 4) is 5.75 Å². The van der Waals surface area contributed by atoms with Crippen LogP contribution in [0, 0.1) is 10.8 Å². The van der Waals surface area contributed by atoms with E-state index in [0.717, 1.165) is 50.6 Å². The molecule has 4 rings (SSSR count). The molecule has 3 aliphatic rings. The number of carbonyl (C=O) groups excluding carboxylic acids is 2. The van der Waals surface area contributed by atoms with Gasteiger partial charge in [-0.2, -0.15) is 0 Å². The highest BCUT2D eigenvalue weighted by Crippen LogP contribution is 2.54. The van der Waals surface area contributed by atoms with E-state index in [2.05, 4.69) is 28.0 Å². The Hall–Kier alpha value is -2.05. The van der Waals surface area contributed by atoms with Gasteiger partial charge in [0.1, 0.15) is 5.75 Å². The van der Waals surface area contributed by atoms with Crippen LogP contribution < -0.4 is 9.64 Å². The number of methoxy groups -OCH3 is 1. The van der Waals surface area contributed by atoms with Gasteiger partial charge in [-0.3, -0.25) is 19.4 Å². The highest BCUT2D eigenvalue weighted by atomic mass is 35.5. The van der Waals surface area contributed by atoms with Crippen LogP contribution in [0.1, 0.15) is 33.1 Å². The second kappa shape index (κ2) is 9.21. The number of carbonyl (C=O) groups is 2. The van der Waals surface area contributed by atoms with Crippen LogP contribution in [0.15, 0.2) is 36.4 Å². The number of likely N-dealkylation sites (tertiary alicyclic amines) is 1. The number of piperazine rings is 1. The number of nitrogens with zero attached hydrogens (tertiary/aromatic N) is 3. The molecule has 31 heavy (non-hydrogen) atoms. The van der Waals surface area contributed by atoms with Gasteiger partial charge < -0.3 is 9.64 Å². The molecule has 1 aromatic rings. The fraction of sp³-hybridized carbons (Fsp3) is 0.583. The van der Waals surface area contributed by atoms with Crippen molar-refractivity contribution in [1.29, 1.82) is 0 Å². The van der Waals surface area contributed by atoms with Gasteiger partial charge in [0.05, 0.1) is 23.6 Å². The lowest BCUT2D eigenvalue weighted by Crippen LogP contribution is -2.47. The number of hydrogen-bond donors (Lipinski definition) is 0. The van der Waals surface area contributed by atoms with Gasteiger partial charge in [-0.1, -0.05) is 24.3 Å². The first-order valence-corrected chi connectivity index (χ1v) is 11.0. The molecule has 2 heterocycles. The Bertz CT molecular complexity index is 820. The topological polar surface area (TPSA) is 53.1 Å². The van der Waals surface area contributed by atoms with Gasteiger partial charge in [0.25, 0.3) is 0 Å². The summed E-state index contributed by atoms with van der Waals surface area (Å²) in [5.41, 5.74) is -0.0242. The zero-order valence-corrected chi connectivity index (χ0v) is 19.6. The molecule has 2 aliphatic heterocycles. The molecule has 2 fully saturated rings. The highest BCUT2D eigenvalue weighted by Gasteiger charge is 2.63. The summed E-state index contributed by atoms with van der Waals surface area (Å²) in [6.45, 7) is 9.20. The third kappa shape index (κ3) is 3.96. The Labute approximate surface area is 191 Å². The number of fused-ring (bicyclic) bond motifs is 1. The second-order valence-electron chi connectivity index (χ2n) is 9.16. The number of amides is 2. The maximum Gasteiger partial charge on any atom is 0.236 e. The van der Waals surface area contributed by atoms with Gasteiger partial charge in [-0.15, -0.1) is 12.4 Å². The average Bonchev–Trinajstić information content (AvgIpc) is 2.92. The Morgan fingerprint density at radius 2 is 1.48 bits per heavy atom. The van der Waals surface area contributed by atoms with Crippen molar-refractivity contribution in [2.45, 2.75) is 33.1 Å². The van der Waals surface area contributed by atoms with Gasteiger partial charge in [0.2, 0.25) is 11.8 Å². The molecule has 1 aromatic carbocycles. The summed E-state index contributed by atoms with van der Waals surface area (Å²) in [4.78, 5) is 32.4. The van der Waals surface area contributed by atoms with Gasteiger partial charge in [0, 0.05) is 32.7 Å². The minimum absolute atomic E-state index is 0. The predicted molar refractivity (Wildman–Crippen MR) is 125 cm³/mol. The first-order valence-electron chi connectivity index (χ1n) is 11.0. The molecular weight excluding hydrogens is 414 g/mol. The Balaban J connectivity index is 0.00000272. The molecule has 0 N–H and O–H groups in total. The van der Waals surface area contributed by atoms with E-state index >= 15 is 0 Å². The van der Waals surface area contributed by atoms with E-state index in [0.29, 0.717) is 19.4 Å². The fourth-order valence-corrected chi connectivity index (χ4v) is 5.18. The molecule has 0 radical (unpaired) electrons. The predicted octanol–water partition coefficient (Wildman–Crippen LogP) is 3.36. The standard InChI is InChI=1S/C24H33N3O3.ClH/c1-23-11-6-7-12-24(23,2)22(29)27(21(23)28)14-8-13-25-15-17-26(18-16-25)19-9-4-5-10-20(19)30-3;/h4-7,9-10H,8,11-18H2,1-3H3;1H. The van der Waals surface area contributed by atoms with Gasteiger partial charge in [-0.25, -0.2) is 0 Å². The van der Waals surface area contributed by atoms with Crippen LogP contribution in [0.2, 0.25) is 0 Å². The molecule has 6 nitrogen and oxygen atoms in total. The zero-order valence-electron chi connectivity index (χ0n) is 18.8. The number of allylic oxidation sites excluding steroid dienone is 2. The van der Waals surface area contributed by atoms with Crippen molar-refractivity contribution in [2.24, 2.45) is 10.8 Å². The monoisotopic (exact) mass is 447 g/mol. The van der Waals surface area contributed by atoms with Crippen molar-refractivity contribution < 1.29 is 14.3 Å². The van der Waals surface area contributed by atoms with E-state index in [4.69, 9.17) is 4.74 Å². The molecular formula is C24H34ClN3O3. The van der Waals surface area contributed by atoms with Gasteiger partial charge in [0.15, 0.2) is 0 Å². The normalized spacial score (nSPS) is 28.5. The Morgan fingerprint density at radius 1 is 0.903 bits per heavy atom. The maximum absolute atomic E-state index is 13.1. The summed E-state index contributed by atoms with van der Waals surface area (Å²) in [6.07, 6.45) is 6.26. The minimum Gasteiger partial charge on any atom is -0.495 e. The number of hydrogen-bond acceptors (Lipinski definition) is 5. The minimum atomic E-state index is -0.584. The van der Waals surface area contributed by atoms with Gasteiger partial charge >= 0.3 is 0 Å². The largest absolute Gasteiger partial charge is 0.495 e. The number of anilines is 1.